The molecule has 1 rings (SSSR count). The minimum Gasteiger partial charge on any atom is -0.408 e. The number of ether oxygens (including phenoxy) is 1. The smallest absolute Gasteiger partial charge is 0.309 e. The third kappa shape index (κ3) is 2.51. The van der Waals surface area contributed by atoms with E-state index >= 15 is 0 Å². The molecule has 0 aliphatic heterocycles. The van der Waals surface area contributed by atoms with E-state index in [1.54, 1.807) is 18.2 Å². The first kappa shape index (κ1) is 9.00. The second kappa shape index (κ2) is 4.07. The Morgan fingerprint density at radius 1 is 1.67 bits per heavy atom. The van der Waals surface area contributed by atoms with Crippen LogP contribution in [0.5, 0.6) is 5.88 Å². The Hall–Kier alpha value is -1.09. The second-order valence-electron chi connectivity index (χ2n) is 2.19. The molecule has 0 N–H and O–H groups in total. The highest BCUT2D eigenvalue weighted by Gasteiger charge is 1.99. The first-order chi connectivity index (χ1) is 5.72. The van der Waals surface area contributed by atoms with E-state index in [2.05, 4.69) is 4.98 Å². The third-order valence-corrected chi connectivity index (χ3v) is 1.44. The van der Waals surface area contributed by atoms with Crippen LogP contribution >= 0.6 is 11.6 Å². The van der Waals surface area contributed by atoms with Crippen molar-refractivity contribution < 1.29 is 9.53 Å². The second-order valence-corrected chi connectivity index (χ2v) is 2.46. The number of rotatable bonds is 2. The van der Waals surface area contributed by atoms with E-state index < -0.39 is 0 Å². The summed E-state index contributed by atoms with van der Waals surface area (Å²) in [7, 11) is 0. The SMILES string of the molecule is CC(=O)Oc1cccc(CCl)n1. The molecular formula is C8H8ClNO2. The molecule has 12 heavy (non-hydrogen) atoms. The summed E-state index contributed by atoms with van der Waals surface area (Å²) in [5.41, 5.74) is 0.690. The van der Waals surface area contributed by atoms with Gasteiger partial charge in [0.2, 0.25) is 5.88 Å². The van der Waals surface area contributed by atoms with Crippen LogP contribution in [0.3, 0.4) is 0 Å². The van der Waals surface area contributed by atoms with E-state index in [9.17, 15) is 4.79 Å². The summed E-state index contributed by atoms with van der Waals surface area (Å²) in [6.45, 7) is 1.33. The Bertz CT molecular complexity index is 288. The highest BCUT2D eigenvalue weighted by Crippen LogP contribution is 2.08. The first-order valence-corrected chi connectivity index (χ1v) is 3.96. The number of halogens is 1. The van der Waals surface area contributed by atoms with Gasteiger partial charge in [-0.1, -0.05) is 6.07 Å². The highest BCUT2D eigenvalue weighted by molar-refractivity contribution is 6.16. The number of alkyl halides is 1. The van der Waals surface area contributed by atoms with Crippen LogP contribution in [0.15, 0.2) is 18.2 Å². The lowest BCUT2D eigenvalue weighted by molar-refractivity contribution is -0.132. The van der Waals surface area contributed by atoms with E-state index in [1.807, 2.05) is 0 Å². The Morgan fingerprint density at radius 2 is 2.42 bits per heavy atom. The highest BCUT2D eigenvalue weighted by atomic mass is 35.5. The van der Waals surface area contributed by atoms with Gasteiger partial charge in [0.05, 0.1) is 11.6 Å². The van der Waals surface area contributed by atoms with Crippen molar-refractivity contribution in [3.05, 3.63) is 23.9 Å². The van der Waals surface area contributed by atoms with Gasteiger partial charge in [0.15, 0.2) is 0 Å². The van der Waals surface area contributed by atoms with Crippen LogP contribution < -0.4 is 4.74 Å². The van der Waals surface area contributed by atoms with Crippen molar-refractivity contribution in [3.8, 4) is 5.88 Å². The predicted octanol–water partition coefficient (Wildman–Crippen LogP) is 1.75. The maximum atomic E-state index is 10.5. The molecule has 4 heteroatoms. The molecule has 0 saturated carbocycles. The van der Waals surface area contributed by atoms with Crippen LogP contribution in [0.1, 0.15) is 12.6 Å². The minimum absolute atomic E-state index is 0.292. The summed E-state index contributed by atoms with van der Waals surface area (Å²) < 4.78 is 4.75. The molecule has 0 radical (unpaired) electrons. The van der Waals surface area contributed by atoms with Gasteiger partial charge in [0, 0.05) is 13.0 Å². The minimum atomic E-state index is -0.380. The van der Waals surface area contributed by atoms with Gasteiger partial charge >= 0.3 is 5.97 Å². The number of carbonyl (C=O) groups excluding carboxylic acids is 1. The Balaban J connectivity index is 2.79. The Kier molecular flexibility index (Phi) is 3.05. The number of hydrogen-bond donors (Lipinski definition) is 0. The quantitative estimate of drug-likeness (QED) is 0.521. The van der Waals surface area contributed by atoms with Gasteiger partial charge in [-0.2, -0.15) is 0 Å². The van der Waals surface area contributed by atoms with Gasteiger partial charge in [-0.25, -0.2) is 4.98 Å². The van der Waals surface area contributed by atoms with Crippen LogP contribution in [0, 0.1) is 0 Å². The fourth-order valence-electron chi connectivity index (χ4n) is 0.736. The van der Waals surface area contributed by atoms with Gasteiger partial charge in [-0.05, 0) is 6.07 Å². The average molecular weight is 186 g/mol. The molecule has 0 saturated heterocycles. The molecule has 0 atom stereocenters. The van der Waals surface area contributed by atoms with Gasteiger partial charge in [-0.15, -0.1) is 11.6 Å². The average Bonchev–Trinajstić information content (AvgIpc) is 2.03. The van der Waals surface area contributed by atoms with Crippen molar-refractivity contribution in [1.82, 2.24) is 4.98 Å². The number of hydrogen-bond acceptors (Lipinski definition) is 3. The molecular weight excluding hydrogens is 178 g/mol. The lowest BCUT2D eigenvalue weighted by atomic mass is 10.4. The summed E-state index contributed by atoms with van der Waals surface area (Å²) in [6, 6.07) is 5.11. The predicted molar refractivity (Wildman–Crippen MR) is 45.1 cm³/mol. The van der Waals surface area contributed by atoms with E-state index in [4.69, 9.17) is 16.3 Å². The zero-order chi connectivity index (χ0) is 8.97. The number of nitrogens with zero attached hydrogens (tertiary/aromatic N) is 1. The van der Waals surface area contributed by atoms with Crippen LogP contribution in [-0.2, 0) is 10.7 Å². The molecule has 1 heterocycles. The topological polar surface area (TPSA) is 39.2 Å². The van der Waals surface area contributed by atoms with Crippen molar-refractivity contribution in [3.63, 3.8) is 0 Å². The maximum absolute atomic E-state index is 10.5. The molecule has 0 spiro atoms. The molecule has 0 fully saturated rings. The molecule has 1 aromatic heterocycles. The van der Waals surface area contributed by atoms with E-state index in [0.29, 0.717) is 17.5 Å². The van der Waals surface area contributed by atoms with Crippen LogP contribution in [0.25, 0.3) is 0 Å². The first-order valence-electron chi connectivity index (χ1n) is 3.42. The number of carbonyl (C=O) groups is 1. The normalized spacial score (nSPS) is 9.50. The monoisotopic (exact) mass is 185 g/mol. The van der Waals surface area contributed by atoms with Crippen molar-refractivity contribution in [2.24, 2.45) is 0 Å². The fourth-order valence-corrected chi connectivity index (χ4v) is 0.885. The van der Waals surface area contributed by atoms with E-state index in [-0.39, 0.29) is 5.97 Å². The zero-order valence-electron chi connectivity index (χ0n) is 6.58. The molecule has 0 aliphatic rings. The van der Waals surface area contributed by atoms with Crippen LogP contribution in [0.4, 0.5) is 0 Å². The standard InChI is InChI=1S/C8H8ClNO2/c1-6(11)12-8-4-2-3-7(5-9)10-8/h2-4H,5H2,1H3. The van der Waals surface area contributed by atoms with Crippen molar-refractivity contribution in [2.45, 2.75) is 12.8 Å². The number of pyridine rings is 1. The van der Waals surface area contributed by atoms with E-state index in [0.717, 1.165) is 0 Å². The molecule has 0 aliphatic carbocycles. The van der Waals surface area contributed by atoms with Crippen molar-refractivity contribution >= 4 is 17.6 Å². The summed E-state index contributed by atoms with van der Waals surface area (Å²) in [5.74, 6) is 0.227. The summed E-state index contributed by atoms with van der Waals surface area (Å²) in [6.07, 6.45) is 0. The molecule has 0 amide bonds. The number of esters is 1. The van der Waals surface area contributed by atoms with E-state index in [1.165, 1.54) is 6.92 Å². The van der Waals surface area contributed by atoms with Crippen molar-refractivity contribution in [1.29, 1.82) is 0 Å². The Labute approximate surface area is 75.3 Å². The molecule has 0 aromatic carbocycles. The largest absolute Gasteiger partial charge is 0.408 e. The van der Waals surface area contributed by atoms with Crippen LogP contribution in [-0.4, -0.2) is 11.0 Å². The number of aromatic nitrogens is 1. The summed E-state index contributed by atoms with van der Waals surface area (Å²) in [5, 5.41) is 0. The lowest BCUT2D eigenvalue weighted by Crippen LogP contribution is -2.03. The van der Waals surface area contributed by atoms with Gasteiger partial charge in [0.1, 0.15) is 0 Å². The molecule has 1 aromatic rings. The molecule has 0 bridgehead atoms. The zero-order valence-corrected chi connectivity index (χ0v) is 7.34. The van der Waals surface area contributed by atoms with Crippen LogP contribution in [0.2, 0.25) is 0 Å². The third-order valence-electron chi connectivity index (χ3n) is 1.17. The molecule has 64 valence electrons. The van der Waals surface area contributed by atoms with Gasteiger partial charge in [-0.3, -0.25) is 4.79 Å². The molecule has 3 nitrogen and oxygen atoms in total. The summed E-state index contributed by atoms with van der Waals surface area (Å²) >= 11 is 5.53. The lowest BCUT2D eigenvalue weighted by Gasteiger charge is -2.00. The molecule has 0 unspecified atom stereocenters. The van der Waals surface area contributed by atoms with Gasteiger partial charge in [0.25, 0.3) is 0 Å². The Morgan fingerprint density at radius 3 is 3.00 bits per heavy atom. The van der Waals surface area contributed by atoms with Crippen molar-refractivity contribution in [2.75, 3.05) is 0 Å². The van der Waals surface area contributed by atoms with Gasteiger partial charge < -0.3 is 4.74 Å². The summed E-state index contributed by atoms with van der Waals surface area (Å²) in [4.78, 5) is 14.5. The maximum Gasteiger partial charge on any atom is 0.309 e. The fraction of sp³-hybridized carbons (Fsp3) is 0.250.